The van der Waals surface area contributed by atoms with Gasteiger partial charge in [0.05, 0.1) is 6.10 Å². The maximum Gasteiger partial charge on any atom is 0.231 e. The van der Waals surface area contributed by atoms with Gasteiger partial charge in [0.2, 0.25) is 6.79 Å². The highest BCUT2D eigenvalue weighted by Gasteiger charge is 2.46. The van der Waals surface area contributed by atoms with E-state index in [1.165, 1.54) is 18.4 Å². The molecule has 1 aromatic rings. The Morgan fingerprint density at radius 2 is 2.06 bits per heavy atom. The molecule has 1 fully saturated rings. The van der Waals surface area contributed by atoms with E-state index in [2.05, 4.69) is 13.0 Å². The van der Waals surface area contributed by atoms with Crippen molar-refractivity contribution in [3.8, 4) is 11.5 Å². The SMILES string of the molecule is CCC1(C(O)CCc2ccc3c(c2)OCO3)CC1. The molecule has 0 bridgehead atoms. The number of aliphatic hydroxyl groups is 1. The minimum atomic E-state index is -0.159. The number of fused-ring (bicyclic) bond motifs is 1. The predicted octanol–water partition coefficient (Wildman–Crippen LogP) is 2.90. The van der Waals surface area contributed by atoms with Crippen LogP contribution < -0.4 is 9.47 Å². The third-order valence-corrected chi connectivity index (χ3v) is 4.45. The highest BCUT2D eigenvalue weighted by Crippen LogP contribution is 2.52. The van der Waals surface area contributed by atoms with E-state index < -0.39 is 0 Å². The van der Waals surface area contributed by atoms with Gasteiger partial charge in [-0.1, -0.05) is 13.0 Å². The molecular formula is C15H20O3. The summed E-state index contributed by atoms with van der Waals surface area (Å²) in [5.74, 6) is 1.66. The summed E-state index contributed by atoms with van der Waals surface area (Å²) in [5, 5.41) is 10.2. The fourth-order valence-electron chi connectivity index (χ4n) is 2.79. The van der Waals surface area contributed by atoms with E-state index in [9.17, 15) is 5.11 Å². The van der Waals surface area contributed by atoms with Gasteiger partial charge in [0.25, 0.3) is 0 Å². The normalized spacial score (nSPS) is 20.8. The van der Waals surface area contributed by atoms with Crippen LogP contribution in [0.2, 0.25) is 0 Å². The number of hydrogen-bond donors (Lipinski definition) is 1. The van der Waals surface area contributed by atoms with Gasteiger partial charge in [-0.05, 0) is 55.2 Å². The molecule has 3 nitrogen and oxygen atoms in total. The fraction of sp³-hybridized carbons (Fsp3) is 0.600. The minimum Gasteiger partial charge on any atom is -0.454 e. The van der Waals surface area contributed by atoms with Crippen molar-refractivity contribution in [3.63, 3.8) is 0 Å². The highest BCUT2D eigenvalue weighted by atomic mass is 16.7. The lowest BCUT2D eigenvalue weighted by atomic mass is 9.91. The molecule has 98 valence electrons. The van der Waals surface area contributed by atoms with Crippen molar-refractivity contribution in [3.05, 3.63) is 23.8 Å². The monoisotopic (exact) mass is 248 g/mol. The topological polar surface area (TPSA) is 38.7 Å². The molecule has 1 heterocycles. The van der Waals surface area contributed by atoms with E-state index in [0.717, 1.165) is 30.8 Å². The number of aliphatic hydroxyl groups excluding tert-OH is 1. The molecule has 2 aliphatic rings. The van der Waals surface area contributed by atoms with Crippen LogP contribution in [0.25, 0.3) is 0 Å². The molecule has 0 spiro atoms. The van der Waals surface area contributed by atoms with Crippen molar-refractivity contribution < 1.29 is 14.6 Å². The lowest BCUT2D eigenvalue weighted by molar-refractivity contribution is 0.0820. The van der Waals surface area contributed by atoms with Crippen molar-refractivity contribution in [2.45, 2.75) is 45.1 Å². The van der Waals surface area contributed by atoms with Gasteiger partial charge in [-0.25, -0.2) is 0 Å². The van der Waals surface area contributed by atoms with E-state index >= 15 is 0 Å². The number of ether oxygens (including phenoxy) is 2. The van der Waals surface area contributed by atoms with Crippen LogP contribution >= 0.6 is 0 Å². The summed E-state index contributed by atoms with van der Waals surface area (Å²) in [5.41, 5.74) is 1.45. The quantitative estimate of drug-likeness (QED) is 0.870. The van der Waals surface area contributed by atoms with Gasteiger partial charge < -0.3 is 14.6 Å². The molecule has 1 aliphatic heterocycles. The average molecular weight is 248 g/mol. The first-order valence-electron chi connectivity index (χ1n) is 6.80. The van der Waals surface area contributed by atoms with Gasteiger partial charge >= 0.3 is 0 Å². The Hall–Kier alpha value is -1.22. The maximum absolute atomic E-state index is 10.2. The van der Waals surface area contributed by atoms with Gasteiger partial charge in [-0.15, -0.1) is 0 Å². The molecule has 1 saturated carbocycles. The minimum absolute atomic E-state index is 0.159. The Balaban J connectivity index is 1.60. The molecule has 0 radical (unpaired) electrons. The van der Waals surface area contributed by atoms with Gasteiger partial charge in [0, 0.05) is 0 Å². The van der Waals surface area contributed by atoms with Crippen LogP contribution in [-0.2, 0) is 6.42 Å². The van der Waals surface area contributed by atoms with Crippen LogP contribution in [0.4, 0.5) is 0 Å². The van der Waals surface area contributed by atoms with E-state index in [4.69, 9.17) is 9.47 Å². The Bertz CT molecular complexity index is 437. The van der Waals surface area contributed by atoms with Crippen molar-refractivity contribution >= 4 is 0 Å². The summed E-state index contributed by atoms with van der Waals surface area (Å²) >= 11 is 0. The second-order valence-electron chi connectivity index (χ2n) is 5.46. The second kappa shape index (κ2) is 4.47. The molecule has 1 atom stereocenters. The second-order valence-corrected chi connectivity index (χ2v) is 5.46. The largest absolute Gasteiger partial charge is 0.454 e. The maximum atomic E-state index is 10.2. The van der Waals surface area contributed by atoms with E-state index in [0.29, 0.717) is 6.79 Å². The van der Waals surface area contributed by atoms with Crippen LogP contribution in [0.1, 0.15) is 38.2 Å². The Morgan fingerprint density at radius 1 is 1.28 bits per heavy atom. The van der Waals surface area contributed by atoms with Gasteiger partial charge in [0.15, 0.2) is 11.5 Å². The van der Waals surface area contributed by atoms with Crippen LogP contribution in [0, 0.1) is 5.41 Å². The average Bonchev–Trinajstić information content (AvgIpc) is 3.07. The molecule has 0 saturated heterocycles. The number of rotatable bonds is 5. The van der Waals surface area contributed by atoms with Gasteiger partial charge in [-0.2, -0.15) is 0 Å². The molecule has 0 aromatic heterocycles. The number of hydrogen-bond acceptors (Lipinski definition) is 3. The highest BCUT2D eigenvalue weighted by molar-refractivity contribution is 5.44. The van der Waals surface area contributed by atoms with Crippen LogP contribution in [0.5, 0.6) is 11.5 Å². The van der Waals surface area contributed by atoms with Crippen LogP contribution in [0.3, 0.4) is 0 Å². The zero-order valence-corrected chi connectivity index (χ0v) is 10.8. The van der Waals surface area contributed by atoms with Crippen molar-refractivity contribution in [1.29, 1.82) is 0 Å². The fourth-order valence-corrected chi connectivity index (χ4v) is 2.79. The zero-order chi connectivity index (χ0) is 12.6. The number of aryl methyl sites for hydroxylation is 1. The zero-order valence-electron chi connectivity index (χ0n) is 10.8. The molecule has 1 aliphatic carbocycles. The molecule has 1 unspecified atom stereocenters. The van der Waals surface area contributed by atoms with Crippen LogP contribution in [-0.4, -0.2) is 18.0 Å². The Labute approximate surface area is 108 Å². The van der Waals surface area contributed by atoms with Crippen LogP contribution in [0.15, 0.2) is 18.2 Å². The van der Waals surface area contributed by atoms with Gasteiger partial charge in [-0.3, -0.25) is 0 Å². The summed E-state index contributed by atoms with van der Waals surface area (Å²) in [6.07, 6.45) is 5.05. The molecular weight excluding hydrogens is 228 g/mol. The van der Waals surface area contributed by atoms with Gasteiger partial charge in [0.1, 0.15) is 0 Å². The van der Waals surface area contributed by atoms with Crippen molar-refractivity contribution in [2.75, 3.05) is 6.79 Å². The molecule has 18 heavy (non-hydrogen) atoms. The smallest absolute Gasteiger partial charge is 0.231 e. The lowest BCUT2D eigenvalue weighted by Crippen LogP contribution is -2.21. The first-order valence-corrected chi connectivity index (χ1v) is 6.80. The first-order chi connectivity index (χ1) is 8.73. The Morgan fingerprint density at radius 3 is 2.78 bits per heavy atom. The number of benzene rings is 1. The van der Waals surface area contributed by atoms with E-state index in [-0.39, 0.29) is 11.5 Å². The summed E-state index contributed by atoms with van der Waals surface area (Å²) in [6.45, 7) is 2.50. The third-order valence-electron chi connectivity index (χ3n) is 4.45. The predicted molar refractivity (Wildman–Crippen MR) is 68.9 cm³/mol. The summed E-state index contributed by atoms with van der Waals surface area (Å²) in [6, 6.07) is 6.04. The summed E-state index contributed by atoms with van der Waals surface area (Å²) in [7, 11) is 0. The molecule has 3 heteroatoms. The van der Waals surface area contributed by atoms with E-state index in [1.54, 1.807) is 0 Å². The molecule has 3 rings (SSSR count). The van der Waals surface area contributed by atoms with Crippen molar-refractivity contribution in [1.82, 2.24) is 0 Å². The molecule has 1 N–H and O–H groups in total. The van der Waals surface area contributed by atoms with E-state index in [1.807, 2.05) is 12.1 Å². The summed E-state index contributed by atoms with van der Waals surface area (Å²) < 4.78 is 10.7. The van der Waals surface area contributed by atoms with Crippen molar-refractivity contribution in [2.24, 2.45) is 5.41 Å². The summed E-state index contributed by atoms with van der Waals surface area (Å²) in [4.78, 5) is 0. The third kappa shape index (κ3) is 2.07. The molecule has 1 aromatic carbocycles. The molecule has 0 amide bonds. The Kier molecular flexibility index (Phi) is 2.94. The standard InChI is InChI=1S/C15H20O3/c1-2-15(7-8-15)14(16)6-4-11-3-5-12-13(9-11)18-10-17-12/h3,5,9,14,16H,2,4,6-8,10H2,1H3. The lowest BCUT2D eigenvalue weighted by Gasteiger charge is -2.20. The first kappa shape index (κ1) is 11.8.